The zero-order valence-electron chi connectivity index (χ0n) is 11.1. The third kappa shape index (κ3) is 2.74. The van der Waals surface area contributed by atoms with Gasteiger partial charge >= 0.3 is 0 Å². The molecular formula is C14H17ClFN3O. The average Bonchev–Trinajstić information content (AvgIpc) is 3.18. The number of halogens is 2. The van der Waals surface area contributed by atoms with E-state index in [2.05, 4.69) is 4.99 Å². The van der Waals surface area contributed by atoms with Gasteiger partial charge in [-0.15, -0.1) is 0 Å². The maximum absolute atomic E-state index is 13.8. The van der Waals surface area contributed by atoms with E-state index in [0.29, 0.717) is 29.8 Å². The number of benzene rings is 1. The minimum atomic E-state index is -0.259. The van der Waals surface area contributed by atoms with Crippen LogP contribution in [0.1, 0.15) is 17.9 Å². The molecule has 1 aromatic carbocycles. The maximum atomic E-state index is 13.8. The van der Waals surface area contributed by atoms with Crippen molar-refractivity contribution in [3.63, 3.8) is 0 Å². The van der Waals surface area contributed by atoms with Gasteiger partial charge in [-0.2, -0.15) is 0 Å². The minimum Gasteiger partial charge on any atom is -0.378 e. The number of nitrogens with zero attached hydrogens (tertiary/aromatic N) is 2. The molecular weight excluding hydrogens is 281 g/mol. The molecule has 0 bridgehead atoms. The fraction of sp³-hybridized carbons (Fsp3) is 0.500. The topological polar surface area (TPSA) is 50.8 Å². The summed E-state index contributed by atoms with van der Waals surface area (Å²) in [5.74, 6) is 0.307. The van der Waals surface area contributed by atoms with E-state index in [1.54, 1.807) is 12.1 Å². The van der Waals surface area contributed by atoms with E-state index in [1.807, 2.05) is 4.90 Å². The van der Waals surface area contributed by atoms with Crippen LogP contribution in [0, 0.1) is 5.82 Å². The fourth-order valence-corrected chi connectivity index (χ4v) is 2.85. The molecule has 0 aromatic heterocycles. The van der Waals surface area contributed by atoms with Crippen molar-refractivity contribution in [1.29, 1.82) is 0 Å². The lowest BCUT2D eigenvalue weighted by atomic mass is 10.1. The van der Waals surface area contributed by atoms with Gasteiger partial charge in [-0.25, -0.2) is 9.38 Å². The summed E-state index contributed by atoms with van der Waals surface area (Å²) in [7, 11) is 0. The molecule has 3 rings (SSSR count). The maximum Gasteiger partial charge on any atom is 0.191 e. The number of nitrogens with two attached hydrogens (primary N) is 1. The van der Waals surface area contributed by atoms with Crippen LogP contribution in [0.4, 0.5) is 4.39 Å². The van der Waals surface area contributed by atoms with Gasteiger partial charge in [0.1, 0.15) is 5.82 Å². The molecule has 2 unspecified atom stereocenters. The highest BCUT2D eigenvalue weighted by Gasteiger charge is 2.41. The number of guanidine groups is 1. The zero-order chi connectivity index (χ0) is 14.1. The summed E-state index contributed by atoms with van der Waals surface area (Å²) in [4.78, 5) is 6.49. The third-order valence-corrected chi connectivity index (χ3v) is 4.09. The van der Waals surface area contributed by atoms with Crippen molar-refractivity contribution in [2.24, 2.45) is 10.7 Å². The van der Waals surface area contributed by atoms with Gasteiger partial charge in [0.05, 0.1) is 19.3 Å². The molecule has 108 valence electrons. The van der Waals surface area contributed by atoms with Crippen LogP contribution in [-0.2, 0) is 4.74 Å². The van der Waals surface area contributed by atoms with Gasteiger partial charge < -0.3 is 15.4 Å². The van der Waals surface area contributed by atoms with E-state index >= 15 is 0 Å². The van der Waals surface area contributed by atoms with Crippen molar-refractivity contribution >= 4 is 17.6 Å². The highest BCUT2D eigenvalue weighted by Crippen LogP contribution is 2.47. The molecule has 2 atom stereocenters. The summed E-state index contributed by atoms with van der Waals surface area (Å²) in [6.45, 7) is 2.85. The van der Waals surface area contributed by atoms with Crippen molar-refractivity contribution < 1.29 is 9.13 Å². The van der Waals surface area contributed by atoms with Gasteiger partial charge in [-0.1, -0.05) is 17.7 Å². The van der Waals surface area contributed by atoms with Gasteiger partial charge in [0.15, 0.2) is 5.96 Å². The monoisotopic (exact) mass is 297 g/mol. The number of morpholine rings is 1. The average molecular weight is 298 g/mol. The highest BCUT2D eigenvalue weighted by molar-refractivity contribution is 6.31. The van der Waals surface area contributed by atoms with Gasteiger partial charge in [0, 0.05) is 29.6 Å². The summed E-state index contributed by atoms with van der Waals surface area (Å²) in [5, 5.41) is 0.470. The Morgan fingerprint density at radius 3 is 2.85 bits per heavy atom. The molecule has 1 heterocycles. The first-order valence-corrected chi connectivity index (χ1v) is 7.14. The van der Waals surface area contributed by atoms with Gasteiger partial charge in [-0.3, -0.25) is 0 Å². The molecule has 1 aliphatic carbocycles. The second kappa shape index (κ2) is 5.58. The number of aliphatic imine (C=N–C) groups is 1. The molecule has 1 aliphatic heterocycles. The molecule has 2 aliphatic rings. The first-order valence-electron chi connectivity index (χ1n) is 6.76. The van der Waals surface area contributed by atoms with Gasteiger partial charge in [-0.05, 0) is 18.6 Å². The molecule has 1 saturated carbocycles. The van der Waals surface area contributed by atoms with E-state index in [-0.39, 0.29) is 17.8 Å². The minimum absolute atomic E-state index is 0.0345. The molecule has 2 N–H and O–H groups in total. The Morgan fingerprint density at radius 2 is 2.15 bits per heavy atom. The summed E-state index contributed by atoms with van der Waals surface area (Å²) >= 11 is 6.07. The summed E-state index contributed by atoms with van der Waals surface area (Å²) in [6, 6.07) is 4.80. The van der Waals surface area contributed by atoms with E-state index in [4.69, 9.17) is 22.1 Å². The van der Waals surface area contributed by atoms with Crippen molar-refractivity contribution in [2.45, 2.75) is 18.4 Å². The van der Waals surface area contributed by atoms with Crippen LogP contribution in [0.2, 0.25) is 5.02 Å². The number of rotatable bonds is 2. The summed E-state index contributed by atoms with van der Waals surface area (Å²) in [6.07, 6.45) is 0.797. The summed E-state index contributed by atoms with van der Waals surface area (Å²) in [5.41, 5.74) is 6.57. The van der Waals surface area contributed by atoms with Crippen molar-refractivity contribution in [2.75, 3.05) is 26.3 Å². The largest absolute Gasteiger partial charge is 0.378 e. The Kier molecular flexibility index (Phi) is 3.81. The SMILES string of the molecule is NC(=NC1CC1c1c(F)cccc1Cl)N1CCOCC1. The fourth-order valence-electron chi connectivity index (χ4n) is 2.54. The lowest BCUT2D eigenvalue weighted by Crippen LogP contribution is -2.45. The van der Waals surface area contributed by atoms with Crippen molar-refractivity contribution in [3.05, 3.63) is 34.6 Å². The molecule has 0 radical (unpaired) electrons. The predicted molar refractivity (Wildman–Crippen MR) is 76.6 cm³/mol. The molecule has 2 fully saturated rings. The Bertz CT molecular complexity index is 511. The Labute approximate surface area is 122 Å². The van der Waals surface area contributed by atoms with Gasteiger partial charge in [0.25, 0.3) is 0 Å². The smallest absolute Gasteiger partial charge is 0.191 e. The normalized spacial score (nSPS) is 26.7. The second-order valence-electron chi connectivity index (χ2n) is 5.13. The molecule has 20 heavy (non-hydrogen) atoms. The lowest BCUT2D eigenvalue weighted by Gasteiger charge is -2.27. The van der Waals surface area contributed by atoms with Crippen LogP contribution >= 0.6 is 11.6 Å². The standard InChI is InChI=1S/C14H17ClFN3O/c15-10-2-1-3-11(16)13(10)9-8-12(9)18-14(17)19-4-6-20-7-5-19/h1-3,9,12H,4-8H2,(H2,17,18). The van der Waals surface area contributed by atoms with Crippen LogP contribution in [0.3, 0.4) is 0 Å². The van der Waals surface area contributed by atoms with E-state index in [1.165, 1.54) is 6.07 Å². The van der Waals surface area contributed by atoms with Crippen LogP contribution in [0.15, 0.2) is 23.2 Å². The van der Waals surface area contributed by atoms with Crippen LogP contribution in [0.25, 0.3) is 0 Å². The van der Waals surface area contributed by atoms with Gasteiger partial charge in [0.2, 0.25) is 0 Å². The summed E-state index contributed by atoms with van der Waals surface area (Å²) < 4.78 is 19.1. The number of hydrogen-bond donors (Lipinski definition) is 1. The quantitative estimate of drug-likeness (QED) is 0.671. The van der Waals surface area contributed by atoms with E-state index in [0.717, 1.165) is 19.5 Å². The number of ether oxygens (including phenoxy) is 1. The van der Waals surface area contributed by atoms with E-state index in [9.17, 15) is 4.39 Å². The molecule has 0 amide bonds. The second-order valence-corrected chi connectivity index (χ2v) is 5.54. The first kappa shape index (κ1) is 13.6. The first-order chi connectivity index (χ1) is 9.66. The number of hydrogen-bond acceptors (Lipinski definition) is 2. The van der Waals surface area contributed by atoms with Crippen molar-refractivity contribution in [1.82, 2.24) is 4.90 Å². The molecule has 1 saturated heterocycles. The third-order valence-electron chi connectivity index (χ3n) is 3.76. The molecule has 1 aromatic rings. The van der Waals surface area contributed by atoms with Crippen LogP contribution in [-0.4, -0.2) is 43.2 Å². The molecule has 6 heteroatoms. The zero-order valence-corrected chi connectivity index (χ0v) is 11.8. The highest BCUT2D eigenvalue weighted by atomic mass is 35.5. The Morgan fingerprint density at radius 1 is 1.40 bits per heavy atom. The van der Waals surface area contributed by atoms with E-state index < -0.39 is 0 Å². The predicted octanol–water partition coefficient (Wildman–Crippen LogP) is 1.98. The lowest BCUT2D eigenvalue weighted by molar-refractivity contribution is 0.0674. The molecule has 4 nitrogen and oxygen atoms in total. The Balaban J connectivity index is 1.69. The van der Waals surface area contributed by atoms with Crippen molar-refractivity contribution in [3.8, 4) is 0 Å². The van der Waals surface area contributed by atoms with Crippen LogP contribution in [0.5, 0.6) is 0 Å². The molecule has 0 spiro atoms. The van der Waals surface area contributed by atoms with Crippen LogP contribution < -0.4 is 5.73 Å². The Hall–Kier alpha value is -1.33.